The van der Waals surface area contributed by atoms with E-state index in [4.69, 9.17) is 34.8 Å². The van der Waals surface area contributed by atoms with Gasteiger partial charge in [-0.1, -0.05) is 53.9 Å². The maximum atomic E-state index is 6.27. The molecule has 1 unspecified atom stereocenters. The van der Waals surface area contributed by atoms with E-state index in [-0.39, 0.29) is 6.04 Å². The lowest BCUT2D eigenvalue weighted by atomic mass is 10.0. The Kier molecular flexibility index (Phi) is 5.20. The molecule has 0 radical (unpaired) electrons. The van der Waals surface area contributed by atoms with Gasteiger partial charge in [0.15, 0.2) is 0 Å². The molecule has 0 bridgehead atoms. The second kappa shape index (κ2) is 6.71. The van der Waals surface area contributed by atoms with Crippen LogP contribution in [0.15, 0.2) is 36.4 Å². The Morgan fingerprint density at radius 2 is 1.65 bits per heavy atom. The van der Waals surface area contributed by atoms with Crippen LogP contribution >= 0.6 is 34.8 Å². The van der Waals surface area contributed by atoms with E-state index in [1.54, 1.807) is 0 Å². The van der Waals surface area contributed by atoms with Crippen LogP contribution in [0.1, 0.15) is 30.5 Å². The van der Waals surface area contributed by atoms with E-state index in [0.717, 1.165) is 22.7 Å². The summed E-state index contributed by atoms with van der Waals surface area (Å²) in [6, 6.07) is 11.7. The second-order valence-corrected chi connectivity index (χ2v) is 5.99. The van der Waals surface area contributed by atoms with Gasteiger partial charge in [0.25, 0.3) is 0 Å². The van der Waals surface area contributed by atoms with Crippen LogP contribution in [0.2, 0.25) is 15.1 Å². The fourth-order valence-corrected chi connectivity index (χ4v) is 2.62. The Bertz CT molecular complexity index is 593. The van der Waals surface area contributed by atoms with E-state index in [9.17, 15) is 0 Å². The summed E-state index contributed by atoms with van der Waals surface area (Å²) >= 11 is 18.4. The number of aryl methyl sites for hydroxylation is 1. The molecule has 0 saturated heterocycles. The molecule has 1 atom stereocenters. The van der Waals surface area contributed by atoms with Gasteiger partial charge in [0.2, 0.25) is 0 Å². The minimum atomic E-state index is 0.170. The molecule has 2 aromatic rings. The van der Waals surface area contributed by atoms with Crippen LogP contribution in [0.3, 0.4) is 0 Å². The molecule has 0 aliphatic rings. The zero-order valence-corrected chi connectivity index (χ0v) is 13.7. The molecule has 0 fully saturated rings. The smallest absolute Gasteiger partial charge is 0.0641 e. The summed E-state index contributed by atoms with van der Waals surface area (Å²) in [5.41, 5.74) is 3.00. The summed E-state index contributed by atoms with van der Waals surface area (Å²) in [5, 5.41) is 5.57. The predicted molar refractivity (Wildman–Crippen MR) is 89.3 cm³/mol. The van der Waals surface area contributed by atoms with Gasteiger partial charge in [-0.3, -0.25) is 0 Å². The van der Waals surface area contributed by atoms with Gasteiger partial charge in [0, 0.05) is 10.0 Å². The molecule has 0 aliphatic carbocycles. The number of benzene rings is 2. The van der Waals surface area contributed by atoms with Crippen molar-refractivity contribution < 1.29 is 0 Å². The third-order valence-electron chi connectivity index (χ3n) is 3.26. The van der Waals surface area contributed by atoms with Gasteiger partial charge in [-0.15, -0.1) is 0 Å². The van der Waals surface area contributed by atoms with E-state index >= 15 is 0 Å². The van der Waals surface area contributed by atoms with Crippen molar-refractivity contribution in [2.24, 2.45) is 0 Å². The minimum Gasteiger partial charge on any atom is -0.377 e. The van der Waals surface area contributed by atoms with Gasteiger partial charge in [-0.05, 0) is 48.7 Å². The fourth-order valence-electron chi connectivity index (χ4n) is 2.06. The lowest BCUT2D eigenvalue weighted by Crippen LogP contribution is -2.10. The zero-order chi connectivity index (χ0) is 14.7. The SMILES string of the molecule is CCC(Nc1cc(Cl)c(C)cc1Cl)c1ccc(Cl)cc1. The molecule has 0 heterocycles. The van der Waals surface area contributed by atoms with Gasteiger partial charge < -0.3 is 5.32 Å². The number of halogens is 3. The maximum absolute atomic E-state index is 6.27. The normalized spacial score (nSPS) is 12.2. The summed E-state index contributed by atoms with van der Waals surface area (Å²) in [5.74, 6) is 0. The monoisotopic (exact) mass is 327 g/mol. The van der Waals surface area contributed by atoms with Crippen LogP contribution in [0.4, 0.5) is 5.69 Å². The number of hydrogen-bond acceptors (Lipinski definition) is 1. The lowest BCUT2D eigenvalue weighted by Gasteiger charge is -2.20. The van der Waals surface area contributed by atoms with E-state index in [1.165, 1.54) is 5.56 Å². The van der Waals surface area contributed by atoms with Crippen LogP contribution < -0.4 is 5.32 Å². The Morgan fingerprint density at radius 1 is 1.00 bits per heavy atom. The summed E-state index contributed by atoms with van der Waals surface area (Å²) in [4.78, 5) is 0. The molecule has 0 aliphatic heterocycles. The first-order valence-corrected chi connectivity index (χ1v) is 7.62. The van der Waals surface area contributed by atoms with Gasteiger partial charge in [0.05, 0.1) is 16.8 Å². The fraction of sp³-hybridized carbons (Fsp3) is 0.250. The third-order valence-corrected chi connectivity index (χ3v) is 4.23. The van der Waals surface area contributed by atoms with Crippen LogP contribution in [-0.4, -0.2) is 0 Å². The minimum absolute atomic E-state index is 0.170. The molecule has 0 amide bonds. The zero-order valence-electron chi connectivity index (χ0n) is 11.4. The summed E-state index contributed by atoms with van der Waals surface area (Å²) < 4.78 is 0. The summed E-state index contributed by atoms with van der Waals surface area (Å²) in [7, 11) is 0. The lowest BCUT2D eigenvalue weighted by molar-refractivity contribution is 0.749. The number of rotatable bonds is 4. The molecule has 106 valence electrons. The highest BCUT2D eigenvalue weighted by Gasteiger charge is 2.12. The van der Waals surface area contributed by atoms with Crippen molar-refractivity contribution >= 4 is 40.5 Å². The maximum Gasteiger partial charge on any atom is 0.0641 e. The van der Waals surface area contributed by atoms with E-state index < -0.39 is 0 Å². The van der Waals surface area contributed by atoms with E-state index in [0.29, 0.717) is 10.0 Å². The average Bonchev–Trinajstić information content (AvgIpc) is 2.42. The molecule has 4 heteroatoms. The Balaban J connectivity index is 2.26. The van der Waals surface area contributed by atoms with Gasteiger partial charge >= 0.3 is 0 Å². The van der Waals surface area contributed by atoms with Crippen molar-refractivity contribution in [3.63, 3.8) is 0 Å². The van der Waals surface area contributed by atoms with Gasteiger partial charge in [-0.25, -0.2) is 0 Å². The summed E-state index contributed by atoms with van der Waals surface area (Å²) in [6.45, 7) is 4.06. The number of nitrogens with one attached hydrogen (secondary N) is 1. The van der Waals surface area contributed by atoms with E-state index in [2.05, 4.69) is 12.2 Å². The molecular weight excluding hydrogens is 313 g/mol. The molecule has 0 aromatic heterocycles. The Hall–Kier alpha value is -0.890. The topological polar surface area (TPSA) is 12.0 Å². The van der Waals surface area contributed by atoms with Crippen molar-refractivity contribution in [2.75, 3.05) is 5.32 Å². The Labute approximate surface area is 134 Å². The van der Waals surface area contributed by atoms with E-state index in [1.807, 2.05) is 43.3 Å². The largest absolute Gasteiger partial charge is 0.377 e. The van der Waals surface area contributed by atoms with Crippen LogP contribution in [0, 0.1) is 6.92 Å². The highest BCUT2D eigenvalue weighted by Crippen LogP contribution is 2.32. The molecular formula is C16H16Cl3N. The highest BCUT2D eigenvalue weighted by atomic mass is 35.5. The molecule has 20 heavy (non-hydrogen) atoms. The molecule has 1 N–H and O–H groups in total. The van der Waals surface area contributed by atoms with Crippen LogP contribution in [0.5, 0.6) is 0 Å². The Morgan fingerprint density at radius 3 is 2.25 bits per heavy atom. The van der Waals surface area contributed by atoms with Gasteiger partial charge in [0.1, 0.15) is 0 Å². The van der Waals surface area contributed by atoms with Crippen LogP contribution in [0.25, 0.3) is 0 Å². The third kappa shape index (κ3) is 3.60. The average molecular weight is 329 g/mol. The van der Waals surface area contributed by atoms with Crippen molar-refractivity contribution in [3.8, 4) is 0 Å². The first kappa shape index (κ1) is 15.5. The quantitative estimate of drug-likeness (QED) is 0.673. The standard InChI is InChI=1S/C16H16Cl3N/c1-3-15(11-4-6-12(17)7-5-11)20-16-9-13(18)10(2)8-14(16)19/h4-9,15,20H,3H2,1-2H3. The molecule has 0 saturated carbocycles. The molecule has 2 aromatic carbocycles. The highest BCUT2D eigenvalue weighted by molar-refractivity contribution is 6.35. The molecule has 2 rings (SSSR count). The van der Waals surface area contributed by atoms with Crippen molar-refractivity contribution in [3.05, 3.63) is 62.6 Å². The van der Waals surface area contributed by atoms with Crippen molar-refractivity contribution in [1.82, 2.24) is 0 Å². The number of hydrogen-bond donors (Lipinski definition) is 1. The molecule has 0 spiro atoms. The molecule has 1 nitrogen and oxygen atoms in total. The summed E-state index contributed by atoms with van der Waals surface area (Å²) in [6.07, 6.45) is 0.934. The van der Waals surface area contributed by atoms with Crippen molar-refractivity contribution in [1.29, 1.82) is 0 Å². The van der Waals surface area contributed by atoms with Crippen LogP contribution in [-0.2, 0) is 0 Å². The second-order valence-electron chi connectivity index (χ2n) is 4.74. The first-order valence-electron chi connectivity index (χ1n) is 6.49. The number of anilines is 1. The van der Waals surface area contributed by atoms with Gasteiger partial charge in [-0.2, -0.15) is 0 Å². The first-order chi connectivity index (χ1) is 9.51. The van der Waals surface area contributed by atoms with Crippen molar-refractivity contribution in [2.45, 2.75) is 26.3 Å². The predicted octanol–water partition coefficient (Wildman–Crippen LogP) is 6.52.